The van der Waals surface area contributed by atoms with Crippen molar-refractivity contribution in [1.29, 1.82) is 0 Å². The first-order chi connectivity index (χ1) is 11.4. The molecule has 2 unspecified atom stereocenters. The molecule has 0 radical (unpaired) electrons. The quantitative estimate of drug-likeness (QED) is 0.888. The van der Waals surface area contributed by atoms with Crippen LogP contribution in [0.3, 0.4) is 0 Å². The van der Waals surface area contributed by atoms with E-state index >= 15 is 0 Å². The van der Waals surface area contributed by atoms with Gasteiger partial charge in [0, 0.05) is 31.3 Å². The normalized spacial score (nSPS) is 24.6. The van der Waals surface area contributed by atoms with Gasteiger partial charge in [-0.05, 0) is 38.7 Å². The van der Waals surface area contributed by atoms with Gasteiger partial charge in [0.1, 0.15) is 17.2 Å². The summed E-state index contributed by atoms with van der Waals surface area (Å²) < 4.78 is 24.7. The summed E-state index contributed by atoms with van der Waals surface area (Å²) in [4.78, 5) is 12.6. The average molecular weight is 336 g/mol. The maximum Gasteiger partial charge on any atom is 0.237 e. The topological polar surface area (TPSA) is 73.6 Å². The highest BCUT2D eigenvalue weighted by Gasteiger charge is 2.36. The van der Waals surface area contributed by atoms with E-state index in [1.54, 1.807) is 6.07 Å². The largest absolute Gasteiger partial charge is 0.487 e. The number of halogens is 1. The van der Waals surface area contributed by atoms with Gasteiger partial charge in [-0.1, -0.05) is 6.07 Å². The first-order valence-electron chi connectivity index (χ1n) is 8.48. The standard InChI is InChI=1S/C18H25FN2O3/c1-18(2)10-14(13-4-3-12(19)9-15(13)24-18)21-17(22)16(20)11-5-7-23-8-6-11/h3-4,9,11,14,16H,5-8,10,20H2,1-2H3,(H,21,22). The zero-order valence-electron chi connectivity index (χ0n) is 14.2. The molecule has 0 bridgehead atoms. The van der Waals surface area contributed by atoms with E-state index in [0.717, 1.165) is 18.4 Å². The highest BCUT2D eigenvalue weighted by molar-refractivity contribution is 5.82. The van der Waals surface area contributed by atoms with Crippen molar-refractivity contribution in [3.63, 3.8) is 0 Å². The zero-order chi connectivity index (χ0) is 17.3. The summed E-state index contributed by atoms with van der Waals surface area (Å²) in [5.41, 5.74) is 6.47. The molecule has 1 aromatic carbocycles. The van der Waals surface area contributed by atoms with E-state index in [0.29, 0.717) is 25.4 Å². The summed E-state index contributed by atoms with van der Waals surface area (Å²) in [7, 11) is 0. The van der Waals surface area contributed by atoms with Crippen LogP contribution in [0.25, 0.3) is 0 Å². The minimum Gasteiger partial charge on any atom is -0.487 e. The zero-order valence-corrected chi connectivity index (χ0v) is 14.2. The van der Waals surface area contributed by atoms with Crippen molar-refractivity contribution in [2.45, 2.75) is 50.8 Å². The third-order valence-corrected chi connectivity index (χ3v) is 4.83. The fourth-order valence-electron chi connectivity index (χ4n) is 3.51. The summed E-state index contributed by atoms with van der Waals surface area (Å²) in [6.07, 6.45) is 2.21. The molecule has 1 aromatic rings. The van der Waals surface area contributed by atoms with Crippen molar-refractivity contribution in [1.82, 2.24) is 5.32 Å². The molecule has 2 atom stereocenters. The summed E-state index contributed by atoms with van der Waals surface area (Å²) in [5.74, 6) is 0.103. The second-order valence-corrected chi connectivity index (χ2v) is 7.28. The summed E-state index contributed by atoms with van der Waals surface area (Å²) in [5, 5.41) is 3.04. The molecule has 0 aliphatic carbocycles. The molecule has 6 heteroatoms. The lowest BCUT2D eigenvalue weighted by Gasteiger charge is -2.38. The molecule has 2 aliphatic rings. The fourth-order valence-corrected chi connectivity index (χ4v) is 3.51. The van der Waals surface area contributed by atoms with Gasteiger partial charge in [-0.3, -0.25) is 4.79 Å². The van der Waals surface area contributed by atoms with Gasteiger partial charge in [0.2, 0.25) is 5.91 Å². The Hall–Kier alpha value is -1.66. The van der Waals surface area contributed by atoms with Gasteiger partial charge in [0.05, 0.1) is 12.1 Å². The Bertz CT molecular complexity index is 614. The maximum atomic E-state index is 13.5. The molecular weight excluding hydrogens is 311 g/mol. The average Bonchev–Trinajstić information content (AvgIpc) is 2.53. The SMILES string of the molecule is CC1(C)CC(NC(=O)C(N)C2CCOCC2)c2ccc(F)cc2O1. The molecular formula is C18H25FN2O3. The van der Waals surface area contributed by atoms with Crippen LogP contribution >= 0.6 is 0 Å². The van der Waals surface area contributed by atoms with Crippen LogP contribution in [0.5, 0.6) is 5.75 Å². The Balaban J connectivity index is 1.75. The third kappa shape index (κ3) is 3.70. The molecule has 0 aromatic heterocycles. The number of amides is 1. The third-order valence-electron chi connectivity index (χ3n) is 4.83. The van der Waals surface area contributed by atoms with Crippen molar-refractivity contribution in [2.75, 3.05) is 13.2 Å². The van der Waals surface area contributed by atoms with Crippen LogP contribution in [0.2, 0.25) is 0 Å². The molecule has 24 heavy (non-hydrogen) atoms. The van der Waals surface area contributed by atoms with Crippen LogP contribution in [-0.4, -0.2) is 30.8 Å². The van der Waals surface area contributed by atoms with Crippen LogP contribution in [0.15, 0.2) is 18.2 Å². The first kappa shape index (κ1) is 17.2. The Kier molecular flexibility index (Phi) is 4.78. The fraction of sp³-hybridized carbons (Fsp3) is 0.611. The lowest BCUT2D eigenvalue weighted by Crippen LogP contribution is -2.50. The Morgan fingerprint density at radius 1 is 1.38 bits per heavy atom. The molecule has 0 saturated carbocycles. The second kappa shape index (κ2) is 6.69. The van der Waals surface area contributed by atoms with E-state index < -0.39 is 11.6 Å². The van der Waals surface area contributed by atoms with Crippen molar-refractivity contribution in [3.8, 4) is 5.75 Å². The summed E-state index contributed by atoms with van der Waals surface area (Å²) in [6.45, 7) is 5.16. The van der Waals surface area contributed by atoms with Gasteiger partial charge in [0.15, 0.2) is 0 Å². The minimum absolute atomic E-state index is 0.138. The monoisotopic (exact) mass is 336 g/mol. The molecule has 3 N–H and O–H groups in total. The van der Waals surface area contributed by atoms with Gasteiger partial charge in [-0.2, -0.15) is 0 Å². The van der Waals surface area contributed by atoms with Crippen molar-refractivity contribution in [3.05, 3.63) is 29.6 Å². The number of hydrogen-bond acceptors (Lipinski definition) is 4. The lowest BCUT2D eigenvalue weighted by molar-refractivity contribution is -0.125. The Morgan fingerprint density at radius 3 is 2.79 bits per heavy atom. The van der Waals surface area contributed by atoms with E-state index in [9.17, 15) is 9.18 Å². The van der Waals surface area contributed by atoms with Crippen LogP contribution in [0, 0.1) is 11.7 Å². The molecule has 1 fully saturated rings. The van der Waals surface area contributed by atoms with E-state index in [-0.39, 0.29) is 23.7 Å². The van der Waals surface area contributed by atoms with E-state index in [1.807, 2.05) is 13.8 Å². The van der Waals surface area contributed by atoms with Gasteiger partial charge < -0.3 is 20.5 Å². The lowest BCUT2D eigenvalue weighted by atomic mass is 9.88. The van der Waals surface area contributed by atoms with E-state index in [2.05, 4.69) is 5.32 Å². The van der Waals surface area contributed by atoms with Crippen LogP contribution in [-0.2, 0) is 9.53 Å². The molecule has 2 aliphatic heterocycles. The summed E-state index contributed by atoms with van der Waals surface area (Å²) >= 11 is 0. The van der Waals surface area contributed by atoms with Crippen molar-refractivity contribution in [2.24, 2.45) is 11.7 Å². The molecule has 2 heterocycles. The molecule has 3 rings (SSSR count). The highest BCUT2D eigenvalue weighted by atomic mass is 19.1. The maximum absolute atomic E-state index is 13.5. The van der Waals surface area contributed by atoms with Gasteiger partial charge >= 0.3 is 0 Å². The number of nitrogens with two attached hydrogens (primary N) is 1. The van der Waals surface area contributed by atoms with Gasteiger partial charge in [-0.15, -0.1) is 0 Å². The predicted molar refractivity (Wildman–Crippen MR) is 88.1 cm³/mol. The molecule has 5 nitrogen and oxygen atoms in total. The molecule has 1 amide bonds. The number of carbonyl (C=O) groups excluding carboxylic acids is 1. The molecule has 0 spiro atoms. The number of hydrogen-bond donors (Lipinski definition) is 2. The van der Waals surface area contributed by atoms with Crippen molar-refractivity contribution < 1.29 is 18.7 Å². The number of benzene rings is 1. The number of ether oxygens (including phenoxy) is 2. The number of rotatable bonds is 3. The minimum atomic E-state index is -0.552. The highest BCUT2D eigenvalue weighted by Crippen LogP contribution is 2.39. The predicted octanol–water partition coefficient (Wildman–Crippen LogP) is 2.30. The Morgan fingerprint density at radius 2 is 2.08 bits per heavy atom. The number of fused-ring (bicyclic) bond motifs is 1. The van der Waals surface area contributed by atoms with Crippen LogP contribution in [0.1, 0.15) is 44.7 Å². The summed E-state index contributed by atoms with van der Waals surface area (Å²) in [6, 6.07) is 3.64. The van der Waals surface area contributed by atoms with E-state index in [4.69, 9.17) is 15.2 Å². The second-order valence-electron chi connectivity index (χ2n) is 7.28. The van der Waals surface area contributed by atoms with Crippen LogP contribution < -0.4 is 15.8 Å². The molecule has 132 valence electrons. The molecule has 1 saturated heterocycles. The number of nitrogens with one attached hydrogen (secondary N) is 1. The van der Waals surface area contributed by atoms with Crippen LogP contribution in [0.4, 0.5) is 4.39 Å². The first-order valence-corrected chi connectivity index (χ1v) is 8.48. The van der Waals surface area contributed by atoms with Crippen molar-refractivity contribution >= 4 is 5.91 Å². The Labute approximate surface area is 141 Å². The van der Waals surface area contributed by atoms with Gasteiger partial charge in [-0.25, -0.2) is 4.39 Å². The number of carbonyl (C=O) groups is 1. The van der Waals surface area contributed by atoms with Gasteiger partial charge in [0.25, 0.3) is 0 Å². The van der Waals surface area contributed by atoms with E-state index in [1.165, 1.54) is 12.1 Å². The smallest absolute Gasteiger partial charge is 0.237 e.